The number of amides is 2. The maximum absolute atomic E-state index is 12.7. The largest absolute Gasteiger partial charge is 0.447 e. The molecule has 0 radical (unpaired) electrons. The second-order valence-corrected chi connectivity index (χ2v) is 5.60. The van der Waals surface area contributed by atoms with E-state index in [2.05, 4.69) is 10.0 Å². The molecule has 2 rings (SSSR count). The molecule has 1 aromatic rings. The number of hydrogen-bond acceptors (Lipinski definition) is 5. The number of carbonyl (C=O) groups is 2. The van der Waals surface area contributed by atoms with Gasteiger partial charge in [0.2, 0.25) is 5.91 Å². The average Bonchev–Trinajstić information content (AvgIpc) is 2.94. The van der Waals surface area contributed by atoms with E-state index in [1.807, 2.05) is 13.8 Å². The highest BCUT2D eigenvalue weighted by Gasteiger charge is 2.43. The maximum Gasteiger partial charge on any atom is 0.416 e. The summed E-state index contributed by atoms with van der Waals surface area (Å²) in [5, 5.41) is 13.8. The Labute approximate surface area is 133 Å². The zero-order valence-electron chi connectivity index (χ0n) is 12.9. The highest BCUT2D eigenvalue weighted by molar-refractivity contribution is 5.97. The zero-order chi connectivity index (χ0) is 17.0. The minimum atomic E-state index is -1.44. The van der Waals surface area contributed by atoms with E-state index in [1.165, 1.54) is 0 Å². The second-order valence-electron chi connectivity index (χ2n) is 5.60. The van der Waals surface area contributed by atoms with Gasteiger partial charge in [-0.15, -0.1) is 0 Å². The Hall–Kier alpha value is -2.57. The summed E-state index contributed by atoms with van der Waals surface area (Å²) in [5.74, 6) is -0.786. The Morgan fingerprint density at radius 3 is 2.65 bits per heavy atom. The van der Waals surface area contributed by atoms with Crippen LogP contribution < -0.4 is 0 Å². The lowest BCUT2D eigenvalue weighted by molar-refractivity contribution is -0.133. The summed E-state index contributed by atoms with van der Waals surface area (Å²) in [6, 6.07) is 6.48. The number of ether oxygens (including phenoxy) is 1. The molecule has 1 aliphatic heterocycles. The lowest BCUT2D eigenvalue weighted by atomic mass is 9.99. The monoisotopic (exact) mass is 318 g/mol. The van der Waals surface area contributed by atoms with Crippen molar-refractivity contribution < 1.29 is 19.4 Å². The molecule has 1 heterocycles. The van der Waals surface area contributed by atoms with Crippen LogP contribution in [0.4, 0.5) is 4.79 Å². The molecule has 2 amide bonds. The molecule has 1 fully saturated rings. The first kappa shape index (κ1) is 16.8. The summed E-state index contributed by atoms with van der Waals surface area (Å²) >= 11 is 0. The van der Waals surface area contributed by atoms with Gasteiger partial charge >= 0.3 is 6.09 Å². The number of azide groups is 1. The van der Waals surface area contributed by atoms with E-state index in [-0.39, 0.29) is 12.5 Å². The predicted molar refractivity (Wildman–Crippen MR) is 81.2 cm³/mol. The molecule has 3 atom stereocenters. The number of imide groups is 1. The molecule has 1 N–H and O–H groups in total. The molecule has 0 aromatic heterocycles. The van der Waals surface area contributed by atoms with Crippen molar-refractivity contribution in [2.24, 2.45) is 11.0 Å². The number of aliphatic hydroxyl groups is 1. The van der Waals surface area contributed by atoms with Gasteiger partial charge in [-0.25, -0.2) is 9.69 Å². The molecule has 0 saturated carbocycles. The van der Waals surface area contributed by atoms with Crippen molar-refractivity contribution >= 4 is 12.0 Å². The Balaban J connectivity index is 2.31. The van der Waals surface area contributed by atoms with Crippen LogP contribution in [0, 0.1) is 5.92 Å². The number of benzene rings is 1. The predicted octanol–water partition coefficient (Wildman–Crippen LogP) is 2.40. The Bertz CT molecular complexity index is 628. The SMILES string of the molecule is CC(C)[C@@H]1COC(=O)N1C(=O)[C@@H](N=[N+]=[N-])[C@H](O)c1ccccc1. The van der Waals surface area contributed by atoms with Crippen LogP contribution in [0.3, 0.4) is 0 Å². The molecule has 1 aromatic carbocycles. The molecular weight excluding hydrogens is 300 g/mol. The minimum absolute atomic E-state index is 0.0222. The summed E-state index contributed by atoms with van der Waals surface area (Å²) in [6.07, 6.45) is -2.13. The molecule has 0 spiro atoms. The topological polar surface area (TPSA) is 116 Å². The molecule has 0 aliphatic carbocycles. The van der Waals surface area contributed by atoms with E-state index in [9.17, 15) is 14.7 Å². The smallest absolute Gasteiger partial charge is 0.416 e. The number of hydrogen-bond donors (Lipinski definition) is 1. The third kappa shape index (κ3) is 3.44. The fourth-order valence-corrected chi connectivity index (χ4v) is 2.46. The van der Waals surface area contributed by atoms with Gasteiger partial charge in [-0.2, -0.15) is 0 Å². The fraction of sp³-hybridized carbons (Fsp3) is 0.467. The highest BCUT2D eigenvalue weighted by atomic mass is 16.6. The van der Waals surface area contributed by atoms with E-state index in [0.29, 0.717) is 5.56 Å². The van der Waals surface area contributed by atoms with Crippen molar-refractivity contribution in [1.29, 1.82) is 0 Å². The number of rotatable bonds is 5. The van der Waals surface area contributed by atoms with Crippen molar-refractivity contribution in [1.82, 2.24) is 4.90 Å². The Kier molecular flexibility index (Phi) is 5.20. The van der Waals surface area contributed by atoms with E-state index in [0.717, 1.165) is 4.90 Å². The fourth-order valence-electron chi connectivity index (χ4n) is 2.46. The summed E-state index contributed by atoms with van der Waals surface area (Å²) in [7, 11) is 0. The van der Waals surface area contributed by atoms with Gasteiger partial charge in [0.05, 0.1) is 12.1 Å². The standard InChI is InChI=1S/C15H18N4O4/c1-9(2)11-8-23-15(22)19(11)14(21)12(17-18-16)13(20)10-6-4-3-5-7-10/h3-7,9,11-13,20H,8H2,1-2H3/t11-,12-,13+/m0/s1. The molecular formula is C15H18N4O4. The van der Waals surface area contributed by atoms with Crippen LogP contribution >= 0.6 is 0 Å². The third-order valence-electron chi connectivity index (χ3n) is 3.78. The number of cyclic esters (lactones) is 1. The van der Waals surface area contributed by atoms with Gasteiger partial charge in [-0.05, 0) is 17.0 Å². The molecule has 0 unspecified atom stereocenters. The first-order valence-corrected chi connectivity index (χ1v) is 7.24. The van der Waals surface area contributed by atoms with E-state index >= 15 is 0 Å². The van der Waals surface area contributed by atoms with Crippen LogP contribution in [0.1, 0.15) is 25.5 Å². The van der Waals surface area contributed by atoms with Crippen molar-refractivity contribution in [3.8, 4) is 0 Å². The Morgan fingerprint density at radius 2 is 2.09 bits per heavy atom. The van der Waals surface area contributed by atoms with Gasteiger partial charge in [0, 0.05) is 4.91 Å². The number of nitrogens with zero attached hydrogens (tertiary/aromatic N) is 4. The third-order valence-corrected chi connectivity index (χ3v) is 3.78. The van der Waals surface area contributed by atoms with Gasteiger partial charge in [0.25, 0.3) is 0 Å². The van der Waals surface area contributed by atoms with Crippen LogP contribution in [0.15, 0.2) is 35.4 Å². The van der Waals surface area contributed by atoms with Crippen molar-refractivity contribution in [2.75, 3.05) is 6.61 Å². The van der Waals surface area contributed by atoms with Crippen molar-refractivity contribution in [3.63, 3.8) is 0 Å². The molecule has 8 heteroatoms. The quantitative estimate of drug-likeness (QED) is 0.509. The summed E-state index contributed by atoms with van der Waals surface area (Å²) in [6.45, 7) is 3.79. The van der Waals surface area contributed by atoms with Crippen molar-refractivity contribution in [2.45, 2.75) is 32.0 Å². The van der Waals surface area contributed by atoms with Crippen LogP contribution in [0.5, 0.6) is 0 Å². The maximum atomic E-state index is 12.7. The minimum Gasteiger partial charge on any atom is -0.447 e. The number of carbonyl (C=O) groups excluding carboxylic acids is 2. The van der Waals surface area contributed by atoms with Crippen LogP contribution in [-0.2, 0) is 9.53 Å². The molecule has 122 valence electrons. The second kappa shape index (κ2) is 7.13. The van der Waals surface area contributed by atoms with Gasteiger partial charge < -0.3 is 9.84 Å². The highest BCUT2D eigenvalue weighted by Crippen LogP contribution is 2.26. The van der Waals surface area contributed by atoms with Crippen LogP contribution in [-0.4, -0.2) is 40.7 Å². The van der Waals surface area contributed by atoms with Crippen LogP contribution in [0.25, 0.3) is 10.4 Å². The molecule has 0 bridgehead atoms. The van der Waals surface area contributed by atoms with Crippen LogP contribution in [0.2, 0.25) is 0 Å². The van der Waals surface area contributed by atoms with Gasteiger partial charge in [-0.1, -0.05) is 49.3 Å². The average molecular weight is 318 g/mol. The summed E-state index contributed by atoms with van der Waals surface area (Å²) < 4.78 is 4.92. The summed E-state index contributed by atoms with van der Waals surface area (Å²) in [4.78, 5) is 28.1. The van der Waals surface area contributed by atoms with E-state index < -0.39 is 30.2 Å². The number of aliphatic hydroxyl groups excluding tert-OH is 1. The van der Waals surface area contributed by atoms with E-state index in [1.54, 1.807) is 30.3 Å². The lowest BCUT2D eigenvalue weighted by Gasteiger charge is -2.27. The van der Waals surface area contributed by atoms with E-state index in [4.69, 9.17) is 10.3 Å². The molecule has 23 heavy (non-hydrogen) atoms. The lowest BCUT2D eigenvalue weighted by Crippen LogP contribution is -2.47. The first-order chi connectivity index (χ1) is 11.0. The van der Waals surface area contributed by atoms with Gasteiger partial charge in [0.1, 0.15) is 12.6 Å². The first-order valence-electron chi connectivity index (χ1n) is 7.24. The normalized spacial score (nSPS) is 19.9. The summed E-state index contributed by atoms with van der Waals surface area (Å²) in [5.41, 5.74) is 9.15. The molecule has 1 saturated heterocycles. The van der Waals surface area contributed by atoms with Crippen molar-refractivity contribution in [3.05, 3.63) is 46.3 Å². The molecule has 8 nitrogen and oxygen atoms in total. The van der Waals surface area contributed by atoms with Gasteiger partial charge in [0.15, 0.2) is 0 Å². The Morgan fingerprint density at radius 1 is 1.43 bits per heavy atom. The van der Waals surface area contributed by atoms with Gasteiger partial charge in [-0.3, -0.25) is 4.79 Å². The molecule has 1 aliphatic rings. The zero-order valence-corrected chi connectivity index (χ0v) is 12.9.